The van der Waals surface area contributed by atoms with Crippen LogP contribution in [0.5, 0.6) is 11.5 Å². The van der Waals surface area contributed by atoms with Crippen LogP contribution in [0.15, 0.2) is 48.5 Å². The molecule has 3 aromatic rings. The number of rotatable bonds is 6. The first-order chi connectivity index (χ1) is 19.3. The van der Waals surface area contributed by atoms with Crippen LogP contribution in [-0.4, -0.2) is 32.3 Å². The lowest BCUT2D eigenvalue weighted by atomic mass is 9.87. The molecule has 0 amide bonds. The van der Waals surface area contributed by atoms with E-state index >= 15 is 4.39 Å². The van der Waals surface area contributed by atoms with Crippen molar-refractivity contribution in [2.75, 3.05) is 20.3 Å². The molecule has 6 nitrogen and oxygen atoms in total. The first kappa shape index (κ1) is 26.1. The Morgan fingerprint density at radius 2 is 1.85 bits per heavy atom. The summed E-state index contributed by atoms with van der Waals surface area (Å²) < 4.78 is 37.3. The lowest BCUT2D eigenvalue weighted by Gasteiger charge is -2.20. The van der Waals surface area contributed by atoms with Crippen LogP contribution in [0.1, 0.15) is 64.7 Å². The summed E-state index contributed by atoms with van der Waals surface area (Å²) in [6.07, 6.45) is 3.47. The second-order valence-corrected chi connectivity index (χ2v) is 10.7. The number of methoxy groups -OCH3 is 1. The van der Waals surface area contributed by atoms with Crippen LogP contribution in [0.3, 0.4) is 0 Å². The molecule has 0 radical (unpaired) electrons. The molecule has 0 saturated heterocycles. The van der Waals surface area contributed by atoms with Gasteiger partial charge in [0.15, 0.2) is 0 Å². The highest BCUT2D eigenvalue weighted by molar-refractivity contribution is 5.93. The molecule has 0 fully saturated rings. The summed E-state index contributed by atoms with van der Waals surface area (Å²) >= 11 is 0. The number of fused-ring (bicyclic) bond motifs is 2. The molecule has 0 N–H and O–H groups in total. The van der Waals surface area contributed by atoms with Crippen LogP contribution in [-0.2, 0) is 25.5 Å². The van der Waals surface area contributed by atoms with Crippen LogP contribution in [0, 0.1) is 19.7 Å². The third kappa shape index (κ3) is 4.74. The van der Waals surface area contributed by atoms with Crippen LogP contribution in [0.2, 0.25) is 0 Å². The van der Waals surface area contributed by atoms with Crippen molar-refractivity contribution in [2.45, 2.75) is 51.6 Å². The molecule has 2 atom stereocenters. The predicted octanol–water partition coefficient (Wildman–Crippen LogP) is 6.55. The third-order valence-electron chi connectivity index (χ3n) is 8.15. The van der Waals surface area contributed by atoms with E-state index in [1.54, 1.807) is 6.08 Å². The molecular formula is C33H31FO6. The average molecular weight is 543 g/mol. The zero-order valence-corrected chi connectivity index (χ0v) is 22.8. The van der Waals surface area contributed by atoms with Crippen LogP contribution < -0.4 is 9.47 Å². The zero-order valence-electron chi connectivity index (χ0n) is 22.8. The molecule has 40 heavy (non-hydrogen) atoms. The Morgan fingerprint density at radius 3 is 2.60 bits per heavy atom. The highest BCUT2D eigenvalue weighted by Gasteiger charge is 2.32. The van der Waals surface area contributed by atoms with Crippen LogP contribution in [0.25, 0.3) is 16.7 Å². The molecule has 1 aliphatic carbocycles. The van der Waals surface area contributed by atoms with Gasteiger partial charge in [-0.2, -0.15) is 0 Å². The summed E-state index contributed by atoms with van der Waals surface area (Å²) in [6.45, 7) is 4.92. The van der Waals surface area contributed by atoms with Gasteiger partial charge in [-0.15, -0.1) is 0 Å². The van der Waals surface area contributed by atoms with Crippen molar-refractivity contribution in [2.24, 2.45) is 0 Å². The van der Waals surface area contributed by atoms with Gasteiger partial charge in [0.2, 0.25) is 0 Å². The summed E-state index contributed by atoms with van der Waals surface area (Å²) in [6, 6.07) is 13.2. The van der Waals surface area contributed by atoms with Crippen molar-refractivity contribution < 1.29 is 32.9 Å². The molecule has 2 heterocycles. The Bertz CT molecular complexity index is 1530. The molecule has 6 rings (SSSR count). The van der Waals surface area contributed by atoms with Gasteiger partial charge >= 0.3 is 11.9 Å². The van der Waals surface area contributed by atoms with Gasteiger partial charge in [-0.25, -0.2) is 9.18 Å². The Kier molecular flexibility index (Phi) is 6.82. The minimum Gasteiger partial charge on any atom is -0.492 e. The van der Waals surface area contributed by atoms with Crippen molar-refractivity contribution in [3.8, 4) is 22.6 Å². The fraction of sp³-hybridized carbons (Fsp3) is 0.333. The maximum atomic E-state index is 15.3. The van der Waals surface area contributed by atoms with Crippen molar-refractivity contribution in [1.29, 1.82) is 0 Å². The number of halogens is 1. The van der Waals surface area contributed by atoms with Gasteiger partial charge in [0.05, 0.1) is 26.7 Å². The van der Waals surface area contributed by atoms with Gasteiger partial charge in [-0.05, 0) is 77.8 Å². The van der Waals surface area contributed by atoms with Crippen molar-refractivity contribution in [3.63, 3.8) is 0 Å². The molecule has 7 heteroatoms. The Morgan fingerprint density at radius 1 is 1.05 bits per heavy atom. The van der Waals surface area contributed by atoms with E-state index in [1.165, 1.54) is 13.2 Å². The molecule has 0 spiro atoms. The lowest BCUT2D eigenvalue weighted by molar-refractivity contribution is -0.141. The minimum atomic E-state index is -0.418. The van der Waals surface area contributed by atoms with Crippen LogP contribution >= 0.6 is 0 Å². The number of esters is 2. The van der Waals surface area contributed by atoms with E-state index in [0.717, 1.165) is 44.5 Å². The predicted molar refractivity (Wildman–Crippen MR) is 148 cm³/mol. The second-order valence-electron chi connectivity index (χ2n) is 10.7. The number of benzene rings is 3. The fourth-order valence-corrected chi connectivity index (χ4v) is 6.29. The maximum Gasteiger partial charge on any atom is 0.331 e. The molecule has 0 bridgehead atoms. The van der Waals surface area contributed by atoms with Gasteiger partial charge in [0.1, 0.15) is 23.4 Å². The van der Waals surface area contributed by atoms with Crippen molar-refractivity contribution >= 4 is 17.5 Å². The molecule has 0 unspecified atom stereocenters. The number of aryl methyl sites for hydroxylation is 2. The number of hydrogen-bond donors (Lipinski definition) is 0. The van der Waals surface area contributed by atoms with E-state index < -0.39 is 6.10 Å². The number of cyclic esters (lactones) is 1. The van der Waals surface area contributed by atoms with E-state index in [9.17, 15) is 9.59 Å². The molecular weight excluding hydrogens is 511 g/mol. The lowest BCUT2D eigenvalue weighted by Crippen LogP contribution is -2.10. The van der Waals surface area contributed by atoms with E-state index in [0.29, 0.717) is 49.5 Å². The van der Waals surface area contributed by atoms with Gasteiger partial charge in [0.25, 0.3) is 0 Å². The summed E-state index contributed by atoms with van der Waals surface area (Å²) in [5.41, 5.74) is 8.77. The monoisotopic (exact) mass is 542 g/mol. The average Bonchev–Trinajstić information content (AvgIpc) is 3.54. The smallest absolute Gasteiger partial charge is 0.331 e. The normalized spacial score (nSPS) is 19.3. The SMILES string of the molecule is COC(=O)C[C@@H]1COc2cc(O[C@@H]3CCc4c(-c5c(C)cc(C6=CC(=O)OCC6)cc5C)ccc(F)c43)ccc21. The molecule has 206 valence electrons. The van der Waals surface area contributed by atoms with Gasteiger partial charge < -0.3 is 18.9 Å². The van der Waals surface area contributed by atoms with E-state index in [1.807, 2.05) is 24.3 Å². The van der Waals surface area contributed by atoms with Crippen LogP contribution in [0.4, 0.5) is 4.39 Å². The van der Waals surface area contributed by atoms with Gasteiger partial charge in [-0.3, -0.25) is 4.79 Å². The number of ether oxygens (including phenoxy) is 4. The molecule has 0 aromatic heterocycles. The molecule has 0 saturated carbocycles. The largest absolute Gasteiger partial charge is 0.492 e. The molecule has 3 aliphatic rings. The Hall–Kier alpha value is -4.13. The Balaban J connectivity index is 1.28. The first-order valence-corrected chi connectivity index (χ1v) is 13.6. The van der Waals surface area contributed by atoms with E-state index in [-0.39, 0.29) is 30.1 Å². The van der Waals surface area contributed by atoms with Gasteiger partial charge in [0, 0.05) is 35.6 Å². The fourth-order valence-electron chi connectivity index (χ4n) is 6.29. The first-order valence-electron chi connectivity index (χ1n) is 13.6. The standard InChI is InChI=1S/C33H31FO6/c1-18-12-21(20-10-11-38-31(36)14-20)13-19(2)32(18)25-6-8-27(34)33-26(25)7-9-28(33)40-23-4-5-24-22(15-30(35)37-3)17-39-29(24)16-23/h4-6,8,12-14,16,22,28H,7,9-11,15,17H2,1-3H3/t22-,28-/m1/s1. The number of carbonyl (C=O) groups is 2. The Labute approximate surface area is 232 Å². The van der Waals surface area contributed by atoms with Crippen molar-refractivity contribution in [3.05, 3.63) is 87.7 Å². The highest BCUT2D eigenvalue weighted by atomic mass is 19.1. The topological polar surface area (TPSA) is 71.1 Å². The summed E-state index contributed by atoms with van der Waals surface area (Å²) in [5, 5.41) is 0. The van der Waals surface area contributed by atoms with Gasteiger partial charge in [-0.1, -0.05) is 24.3 Å². The molecule has 3 aromatic carbocycles. The summed E-state index contributed by atoms with van der Waals surface area (Å²) in [4.78, 5) is 23.5. The number of hydrogen-bond acceptors (Lipinski definition) is 6. The minimum absolute atomic E-state index is 0.0511. The molecule has 2 aliphatic heterocycles. The zero-order chi connectivity index (χ0) is 28.0. The maximum absolute atomic E-state index is 15.3. The summed E-state index contributed by atoms with van der Waals surface area (Å²) in [5.74, 6) is 0.396. The highest BCUT2D eigenvalue weighted by Crippen LogP contribution is 2.45. The third-order valence-corrected chi connectivity index (χ3v) is 8.15. The van der Waals surface area contributed by atoms with E-state index in [2.05, 4.69) is 26.0 Å². The summed E-state index contributed by atoms with van der Waals surface area (Å²) in [7, 11) is 1.38. The quantitative estimate of drug-likeness (QED) is 0.329. The second kappa shape index (κ2) is 10.5. The van der Waals surface area contributed by atoms with E-state index in [4.69, 9.17) is 18.9 Å². The number of carbonyl (C=O) groups excluding carboxylic acids is 2. The van der Waals surface area contributed by atoms with Crippen molar-refractivity contribution in [1.82, 2.24) is 0 Å².